The van der Waals surface area contributed by atoms with Crippen molar-refractivity contribution >= 4 is 5.82 Å². The average Bonchev–Trinajstić information content (AvgIpc) is 2.94. The summed E-state index contributed by atoms with van der Waals surface area (Å²) in [5.41, 5.74) is -0.210. The van der Waals surface area contributed by atoms with E-state index in [4.69, 9.17) is 0 Å². The van der Waals surface area contributed by atoms with Crippen LogP contribution in [0.1, 0.15) is 17.7 Å². The van der Waals surface area contributed by atoms with Gasteiger partial charge in [0.2, 0.25) is 0 Å². The molecule has 5 nitrogen and oxygen atoms in total. The molecule has 1 aliphatic rings. The van der Waals surface area contributed by atoms with Crippen molar-refractivity contribution in [2.75, 3.05) is 18.4 Å². The fraction of sp³-hybridized carbons (Fsp3) is 0.400. The molecule has 2 aromatic rings. The van der Waals surface area contributed by atoms with Crippen LogP contribution in [-0.4, -0.2) is 39.0 Å². The second kappa shape index (κ2) is 6.68. The van der Waals surface area contributed by atoms with Gasteiger partial charge in [-0.1, -0.05) is 0 Å². The largest absolute Gasteiger partial charge is 0.433 e. The number of halogens is 4. The molecule has 0 bridgehead atoms. The lowest BCUT2D eigenvalue weighted by Crippen LogP contribution is -2.26. The Bertz CT molecular complexity index is 706. The van der Waals surface area contributed by atoms with Gasteiger partial charge in [0.1, 0.15) is 23.7 Å². The Kier molecular flexibility index (Phi) is 4.61. The van der Waals surface area contributed by atoms with Crippen molar-refractivity contribution in [2.24, 2.45) is 0 Å². The van der Waals surface area contributed by atoms with Gasteiger partial charge < -0.3 is 5.32 Å². The Labute approximate surface area is 135 Å². The molecule has 1 atom stereocenters. The molecule has 2 aromatic heterocycles. The first-order valence-corrected chi connectivity index (χ1v) is 7.38. The van der Waals surface area contributed by atoms with Crippen molar-refractivity contribution in [1.29, 1.82) is 0 Å². The molecule has 0 radical (unpaired) electrons. The van der Waals surface area contributed by atoms with Crippen LogP contribution in [0.2, 0.25) is 0 Å². The lowest BCUT2D eigenvalue weighted by molar-refractivity contribution is -0.141. The van der Waals surface area contributed by atoms with Crippen LogP contribution in [0.25, 0.3) is 0 Å². The molecule has 0 aromatic carbocycles. The van der Waals surface area contributed by atoms with Gasteiger partial charge in [-0.15, -0.1) is 0 Å². The summed E-state index contributed by atoms with van der Waals surface area (Å²) in [7, 11) is 0. The van der Waals surface area contributed by atoms with Crippen molar-refractivity contribution in [2.45, 2.75) is 25.2 Å². The lowest BCUT2D eigenvalue weighted by Gasteiger charge is -2.17. The molecule has 0 saturated carbocycles. The third-order valence-corrected chi connectivity index (χ3v) is 3.75. The number of anilines is 1. The number of likely N-dealkylation sites (tertiary alicyclic amines) is 1. The summed E-state index contributed by atoms with van der Waals surface area (Å²) in [6, 6.07) is 2.30. The van der Waals surface area contributed by atoms with Crippen LogP contribution in [0.5, 0.6) is 0 Å². The van der Waals surface area contributed by atoms with Gasteiger partial charge in [0, 0.05) is 37.9 Å². The summed E-state index contributed by atoms with van der Waals surface area (Å²) in [5.74, 6) is -0.237. The Hall–Kier alpha value is -2.29. The quantitative estimate of drug-likeness (QED) is 0.867. The summed E-state index contributed by atoms with van der Waals surface area (Å²) >= 11 is 0. The average molecular weight is 341 g/mol. The number of hydrogen-bond acceptors (Lipinski definition) is 5. The van der Waals surface area contributed by atoms with E-state index in [0.717, 1.165) is 37.1 Å². The van der Waals surface area contributed by atoms with Crippen LogP contribution in [0.4, 0.5) is 23.4 Å². The SMILES string of the molecule is Fc1cncc(CN2CCC(Nc3cc(C(F)(F)F)ncn3)C2)c1. The highest BCUT2D eigenvalue weighted by molar-refractivity contribution is 5.37. The van der Waals surface area contributed by atoms with Gasteiger partial charge in [-0.3, -0.25) is 9.88 Å². The highest BCUT2D eigenvalue weighted by Crippen LogP contribution is 2.28. The van der Waals surface area contributed by atoms with Crippen molar-refractivity contribution in [3.8, 4) is 0 Å². The second-order valence-corrected chi connectivity index (χ2v) is 5.66. The first-order chi connectivity index (χ1) is 11.4. The first-order valence-electron chi connectivity index (χ1n) is 7.38. The van der Waals surface area contributed by atoms with Gasteiger partial charge in [-0.25, -0.2) is 14.4 Å². The highest BCUT2D eigenvalue weighted by atomic mass is 19.4. The van der Waals surface area contributed by atoms with Gasteiger partial charge in [0.15, 0.2) is 0 Å². The van der Waals surface area contributed by atoms with E-state index < -0.39 is 11.9 Å². The van der Waals surface area contributed by atoms with E-state index in [-0.39, 0.29) is 17.7 Å². The predicted octanol–water partition coefficient (Wildman–Crippen LogP) is 2.72. The minimum atomic E-state index is -4.49. The fourth-order valence-electron chi connectivity index (χ4n) is 2.70. The molecule has 9 heteroatoms. The molecule has 3 rings (SSSR count). The molecule has 1 fully saturated rings. The minimum Gasteiger partial charge on any atom is -0.366 e. The molecule has 1 saturated heterocycles. The zero-order valence-electron chi connectivity index (χ0n) is 12.6. The zero-order valence-corrected chi connectivity index (χ0v) is 12.6. The van der Waals surface area contributed by atoms with E-state index in [9.17, 15) is 17.6 Å². The monoisotopic (exact) mass is 341 g/mol. The maximum atomic E-state index is 13.1. The molecule has 0 amide bonds. The van der Waals surface area contributed by atoms with E-state index in [0.29, 0.717) is 13.1 Å². The molecule has 1 aliphatic heterocycles. The summed E-state index contributed by atoms with van der Waals surface area (Å²) in [4.78, 5) is 13.0. The molecular formula is C15H15F4N5. The van der Waals surface area contributed by atoms with Gasteiger partial charge in [-0.05, 0) is 18.1 Å². The molecule has 1 unspecified atom stereocenters. The molecular weight excluding hydrogens is 326 g/mol. The Morgan fingerprint density at radius 3 is 2.79 bits per heavy atom. The summed E-state index contributed by atoms with van der Waals surface area (Å²) in [6.07, 6.45) is -0.0924. The molecule has 0 spiro atoms. The van der Waals surface area contributed by atoms with Gasteiger partial charge in [0.05, 0.1) is 6.20 Å². The van der Waals surface area contributed by atoms with E-state index in [1.807, 2.05) is 0 Å². The second-order valence-electron chi connectivity index (χ2n) is 5.66. The topological polar surface area (TPSA) is 53.9 Å². The molecule has 24 heavy (non-hydrogen) atoms. The number of nitrogens with one attached hydrogen (secondary N) is 1. The number of pyridine rings is 1. The third-order valence-electron chi connectivity index (χ3n) is 3.75. The standard InChI is InChI=1S/C15H15F4N5/c16-11-3-10(5-20-6-11)7-24-2-1-12(8-24)23-14-4-13(15(17,18)19)21-9-22-14/h3-6,9,12H,1-2,7-8H2,(H,21,22,23). The predicted molar refractivity (Wildman–Crippen MR) is 78.5 cm³/mol. The number of aromatic nitrogens is 3. The molecule has 128 valence electrons. The van der Waals surface area contributed by atoms with Crippen LogP contribution < -0.4 is 5.32 Å². The number of hydrogen-bond donors (Lipinski definition) is 1. The lowest BCUT2D eigenvalue weighted by atomic mass is 10.2. The first kappa shape index (κ1) is 16.6. The van der Waals surface area contributed by atoms with Crippen LogP contribution in [0.15, 0.2) is 30.9 Å². The molecule has 1 N–H and O–H groups in total. The minimum absolute atomic E-state index is 0.0255. The number of rotatable bonds is 4. The smallest absolute Gasteiger partial charge is 0.366 e. The van der Waals surface area contributed by atoms with E-state index >= 15 is 0 Å². The van der Waals surface area contributed by atoms with Crippen molar-refractivity contribution in [3.63, 3.8) is 0 Å². The van der Waals surface area contributed by atoms with E-state index in [1.165, 1.54) is 6.07 Å². The summed E-state index contributed by atoms with van der Waals surface area (Å²) < 4.78 is 51.1. The van der Waals surface area contributed by atoms with Crippen molar-refractivity contribution in [3.05, 3.63) is 47.9 Å². The summed E-state index contributed by atoms with van der Waals surface area (Å²) in [5, 5.41) is 3.00. The van der Waals surface area contributed by atoms with Crippen molar-refractivity contribution in [1.82, 2.24) is 19.9 Å². The van der Waals surface area contributed by atoms with Crippen LogP contribution in [0, 0.1) is 5.82 Å². The fourth-order valence-corrected chi connectivity index (χ4v) is 2.70. The van der Waals surface area contributed by atoms with Crippen molar-refractivity contribution < 1.29 is 17.6 Å². The van der Waals surface area contributed by atoms with Gasteiger partial charge in [-0.2, -0.15) is 13.2 Å². The van der Waals surface area contributed by atoms with E-state index in [2.05, 4.69) is 25.2 Å². The van der Waals surface area contributed by atoms with Gasteiger partial charge >= 0.3 is 6.18 Å². The van der Waals surface area contributed by atoms with Crippen LogP contribution in [-0.2, 0) is 12.7 Å². The normalized spacial score (nSPS) is 18.8. The molecule has 3 heterocycles. The molecule has 0 aliphatic carbocycles. The zero-order chi connectivity index (χ0) is 17.2. The number of alkyl halides is 3. The highest BCUT2D eigenvalue weighted by Gasteiger charge is 2.33. The Morgan fingerprint density at radius 1 is 1.21 bits per heavy atom. The maximum Gasteiger partial charge on any atom is 0.433 e. The van der Waals surface area contributed by atoms with Crippen LogP contribution in [0.3, 0.4) is 0 Å². The Morgan fingerprint density at radius 2 is 2.04 bits per heavy atom. The summed E-state index contributed by atoms with van der Waals surface area (Å²) in [6.45, 7) is 1.92. The third kappa shape index (κ3) is 4.16. The maximum absolute atomic E-state index is 13.1. The van der Waals surface area contributed by atoms with Gasteiger partial charge in [0.25, 0.3) is 0 Å². The van der Waals surface area contributed by atoms with E-state index in [1.54, 1.807) is 6.20 Å². The van der Waals surface area contributed by atoms with Crippen LogP contribution >= 0.6 is 0 Å². The number of nitrogens with zero attached hydrogens (tertiary/aromatic N) is 4. The Balaban J connectivity index is 1.58.